The third-order valence-electron chi connectivity index (χ3n) is 2.93. The summed E-state index contributed by atoms with van der Waals surface area (Å²) in [6.07, 6.45) is -5.55. The number of nitrogens with one attached hydrogen (secondary N) is 1. The molecule has 1 atom stereocenters. The van der Waals surface area contributed by atoms with Crippen LogP contribution in [-0.2, 0) is 14.3 Å². The zero-order valence-corrected chi connectivity index (χ0v) is 13.9. The van der Waals surface area contributed by atoms with Crippen LogP contribution in [0.15, 0.2) is 12.1 Å². The van der Waals surface area contributed by atoms with Crippen LogP contribution < -0.4 is 14.8 Å². The molecule has 0 saturated carbocycles. The van der Waals surface area contributed by atoms with E-state index in [0.29, 0.717) is 0 Å². The zero-order chi connectivity index (χ0) is 19.4. The first-order valence-electron chi connectivity index (χ1n) is 7.04. The van der Waals surface area contributed by atoms with Crippen molar-refractivity contribution in [3.05, 3.63) is 17.7 Å². The van der Waals surface area contributed by atoms with Crippen molar-refractivity contribution in [3.63, 3.8) is 0 Å². The van der Waals surface area contributed by atoms with Gasteiger partial charge in [-0.15, -0.1) is 0 Å². The average molecular weight is 365 g/mol. The predicted octanol–water partition coefficient (Wildman–Crippen LogP) is 2.08. The fraction of sp³-hybridized carbons (Fsp3) is 0.467. The molecule has 1 unspecified atom stereocenters. The van der Waals surface area contributed by atoms with Crippen LogP contribution in [0.4, 0.5) is 13.2 Å². The van der Waals surface area contributed by atoms with Crippen LogP contribution in [0.3, 0.4) is 0 Å². The molecule has 1 rings (SSSR count). The van der Waals surface area contributed by atoms with E-state index in [-0.39, 0.29) is 23.2 Å². The van der Waals surface area contributed by atoms with Crippen molar-refractivity contribution < 1.29 is 42.1 Å². The zero-order valence-electron chi connectivity index (χ0n) is 13.9. The van der Waals surface area contributed by atoms with E-state index in [0.717, 1.165) is 13.2 Å². The molecule has 7 nitrogen and oxygen atoms in total. The number of alkyl halides is 3. The van der Waals surface area contributed by atoms with Gasteiger partial charge in [0, 0.05) is 0 Å². The first kappa shape index (κ1) is 20.4. The highest BCUT2D eigenvalue weighted by Crippen LogP contribution is 2.40. The molecule has 0 spiro atoms. The van der Waals surface area contributed by atoms with Gasteiger partial charge in [0.25, 0.3) is 0 Å². The summed E-state index contributed by atoms with van der Waals surface area (Å²) >= 11 is 0. The first-order valence-corrected chi connectivity index (χ1v) is 7.04. The molecular weight excluding hydrogens is 347 g/mol. The van der Waals surface area contributed by atoms with Crippen LogP contribution in [0.25, 0.3) is 0 Å². The van der Waals surface area contributed by atoms with Crippen LogP contribution in [0.5, 0.6) is 17.2 Å². The third kappa shape index (κ3) is 5.16. The lowest BCUT2D eigenvalue weighted by molar-refractivity contribution is -0.175. The number of ether oxygens (including phenoxy) is 3. The topological polar surface area (TPSA) is 94.1 Å². The van der Waals surface area contributed by atoms with Gasteiger partial charge in [0.1, 0.15) is 0 Å². The maximum Gasteiger partial charge on any atom is 0.471 e. The Hall–Kier alpha value is -2.65. The summed E-state index contributed by atoms with van der Waals surface area (Å²) in [5.41, 5.74) is -0.168. The molecule has 10 heteroatoms. The molecule has 0 aromatic heterocycles. The van der Waals surface area contributed by atoms with Crippen molar-refractivity contribution in [2.24, 2.45) is 0 Å². The largest absolute Gasteiger partial charge is 0.504 e. The van der Waals surface area contributed by atoms with Crippen molar-refractivity contribution in [3.8, 4) is 17.2 Å². The number of carbonyl (C=O) groups excluding carboxylic acids is 2. The number of methoxy groups -OCH3 is 2. The Morgan fingerprint density at radius 1 is 1.20 bits per heavy atom. The van der Waals surface area contributed by atoms with Crippen molar-refractivity contribution in [2.45, 2.75) is 32.2 Å². The van der Waals surface area contributed by atoms with Crippen LogP contribution in [0.2, 0.25) is 0 Å². The van der Waals surface area contributed by atoms with Gasteiger partial charge >= 0.3 is 18.1 Å². The normalized spacial score (nSPS) is 12.5. The minimum absolute atomic E-state index is 0.0114. The standard InChI is InChI=1S/C15H18F3NO6/c1-7(2)25-10-6-8(5-9(20)12(10)23-3)11(13(21)24-4)19-14(22)15(16,17)18/h5-7,11,20H,1-4H3,(H,19,22). The van der Waals surface area contributed by atoms with E-state index < -0.39 is 29.8 Å². The number of rotatable bonds is 6. The molecule has 1 aromatic carbocycles. The minimum Gasteiger partial charge on any atom is -0.504 e. The number of amides is 1. The second-order valence-electron chi connectivity index (χ2n) is 5.17. The van der Waals surface area contributed by atoms with Crippen LogP contribution in [-0.4, -0.2) is 43.5 Å². The van der Waals surface area contributed by atoms with Gasteiger partial charge < -0.3 is 24.6 Å². The smallest absolute Gasteiger partial charge is 0.471 e. The minimum atomic E-state index is -5.20. The van der Waals surface area contributed by atoms with Gasteiger partial charge in [-0.05, 0) is 31.5 Å². The summed E-state index contributed by atoms with van der Waals surface area (Å²) in [5, 5.41) is 11.5. The lowest BCUT2D eigenvalue weighted by Crippen LogP contribution is -2.42. The highest BCUT2D eigenvalue weighted by atomic mass is 19.4. The Morgan fingerprint density at radius 3 is 2.24 bits per heavy atom. The van der Waals surface area contributed by atoms with Crippen LogP contribution in [0.1, 0.15) is 25.5 Å². The Morgan fingerprint density at radius 2 is 1.80 bits per heavy atom. The summed E-state index contributed by atoms with van der Waals surface area (Å²) in [5.74, 6) is -4.04. The highest BCUT2D eigenvalue weighted by molar-refractivity contribution is 5.88. The van der Waals surface area contributed by atoms with Crippen molar-refractivity contribution >= 4 is 11.9 Å². The van der Waals surface area contributed by atoms with Gasteiger partial charge in [-0.1, -0.05) is 0 Å². The fourth-order valence-corrected chi connectivity index (χ4v) is 1.93. The lowest BCUT2D eigenvalue weighted by Gasteiger charge is -2.21. The molecule has 0 aliphatic carbocycles. The van der Waals surface area contributed by atoms with Gasteiger partial charge in [0.05, 0.1) is 20.3 Å². The summed E-state index contributed by atoms with van der Waals surface area (Å²) in [6, 6.07) is 0.353. The molecule has 25 heavy (non-hydrogen) atoms. The Balaban J connectivity index is 3.37. The number of aromatic hydroxyl groups is 1. The predicted molar refractivity (Wildman–Crippen MR) is 79.4 cm³/mol. The maximum absolute atomic E-state index is 12.5. The highest BCUT2D eigenvalue weighted by Gasteiger charge is 2.41. The summed E-state index contributed by atoms with van der Waals surface area (Å²) in [6.45, 7) is 3.35. The van der Waals surface area contributed by atoms with E-state index in [4.69, 9.17) is 9.47 Å². The molecule has 0 fully saturated rings. The van der Waals surface area contributed by atoms with Gasteiger partial charge in [-0.25, -0.2) is 4.79 Å². The molecule has 0 aliphatic rings. The molecule has 0 aliphatic heterocycles. The Labute approximate surface area is 141 Å². The van der Waals surface area contributed by atoms with Crippen LogP contribution in [0, 0.1) is 0 Å². The first-order chi connectivity index (χ1) is 11.5. The van der Waals surface area contributed by atoms with E-state index in [1.807, 2.05) is 0 Å². The fourth-order valence-electron chi connectivity index (χ4n) is 1.93. The molecule has 0 radical (unpaired) electrons. The maximum atomic E-state index is 12.5. The Bertz CT molecular complexity index is 645. The molecule has 1 amide bonds. The van der Waals surface area contributed by atoms with Gasteiger partial charge in [-0.3, -0.25) is 4.79 Å². The molecular formula is C15H18F3NO6. The number of esters is 1. The van der Waals surface area contributed by atoms with E-state index in [1.54, 1.807) is 13.8 Å². The van der Waals surface area contributed by atoms with Crippen LogP contribution >= 0.6 is 0 Å². The molecule has 140 valence electrons. The molecule has 0 saturated heterocycles. The number of halogens is 3. The summed E-state index contributed by atoms with van der Waals surface area (Å²) in [7, 11) is 2.20. The van der Waals surface area contributed by atoms with Crippen molar-refractivity contribution in [2.75, 3.05) is 14.2 Å². The van der Waals surface area contributed by atoms with Crippen molar-refractivity contribution in [1.29, 1.82) is 0 Å². The molecule has 0 heterocycles. The number of benzene rings is 1. The molecule has 1 aromatic rings. The van der Waals surface area contributed by atoms with E-state index >= 15 is 0 Å². The Kier molecular flexibility index (Phi) is 6.49. The number of phenolic OH excluding ortho intramolecular Hbond substituents is 1. The number of phenols is 1. The van der Waals surface area contributed by atoms with E-state index in [9.17, 15) is 27.9 Å². The summed E-state index contributed by atoms with van der Waals surface area (Å²) in [4.78, 5) is 23.0. The number of hydrogen-bond acceptors (Lipinski definition) is 6. The second-order valence-corrected chi connectivity index (χ2v) is 5.17. The molecule has 2 N–H and O–H groups in total. The van der Waals surface area contributed by atoms with E-state index in [2.05, 4.69) is 4.74 Å². The van der Waals surface area contributed by atoms with Gasteiger partial charge in [0.15, 0.2) is 17.5 Å². The second kappa shape index (κ2) is 7.95. The number of carbonyl (C=O) groups is 2. The lowest BCUT2D eigenvalue weighted by atomic mass is 10.0. The SMILES string of the molecule is COC(=O)C(NC(=O)C(F)(F)F)c1cc(O)c(OC)c(OC(C)C)c1. The third-order valence-corrected chi connectivity index (χ3v) is 2.93. The van der Waals surface area contributed by atoms with E-state index in [1.165, 1.54) is 18.5 Å². The molecule has 0 bridgehead atoms. The average Bonchev–Trinajstić information content (AvgIpc) is 2.49. The quantitative estimate of drug-likeness (QED) is 0.750. The van der Waals surface area contributed by atoms with Gasteiger partial charge in [0.2, 0.25) is 5.75 Å². The monoisotopic (exact) mass is 365 g/mol. The summed E-state index contributed by atoms with van der Waals surface area (Å²) < 4.78 is 52.3. The van der Waals surface area contributed by atoms with Crippen molar-refractivity contribution in [1.82, 2.24) is 5.32 Å². The number of hydrogen-bond donors (Lipinski definition) is 2. The van der Waals surface area contributed by atoms with Gasteiger partial charge in [-0.2, -0.15) is 13.2 Å².